The molecule has 17 heavy (non-hydrogen) atoms. The summed E-state index contributed by atoms with van der Waals surface area (Å²) in [6, 6.07) is 7.86. The van der Waals surface area contributed by atoms with Crippen LogP contribution in [0.3, 0.4) is 0 Å². The van der Waals surface area contributed by atoms with Crippen LogP contribution in [-0.4, -0.2) is 10.9 Å². The summed E-state index contributed by atoms with van der Waals surface area (Å²) >= 11 is 0. The van der Waals surface area contributed by atoms with Crippen molar-refractivity contribution in [3.05, 3.63) is 64.3 Å². The zero-order valence-corrected chi connectivity index (χ0v) is 8.74. The number of amides is 1. The first-order valence-corrected chi connectivity index (χ1v) is 4.91. The Hall–Kier alpha value is -2.43. The van der Waals surface area contributed by atoms with Crippen LogP contribution < -0.4 is 10.7 Å². The number of hydrogen-bond donors (Lipinski definition) is 2. The van der Waals surface area contributed by atoms with Gasteiger partial charge in [-0.1, -0.05) is 0 Å². The molecule has 0 saturated carbocycles. The maximum absolute atomic E-state index is 12.6. The van der Waals surface area contributed by atoms with E-state index >= 15 is 0 Å². The summed E-state index contributed by atoms with van der Waals surface area (Å²) in [5.41, 5.74) is 0.357. The molecule has 0 spiro atoms. The van der Waals surface area contributed by atoms with Crippen LogP contribution in [0.15, 0.2) is 47.4 Å². The highest BCUT2D eigenvalue weighted by Crippen LogP contribution is 2.09. The third-order valence-corrected chi connectivity index (χ3v) is 2.12. The van der Waals surface area contributed by atoms with Gasteiger partial charge in [0, 0.05) is 24.0 Å². The normalized spacial score (nSPS) is 9.94. The monoisotopic (exact) mass is 232 g/mol. The van der Waals surface area contributed by atoms with Gasteiger partial charge in [-0.25, -0.2) is 4.39 Å². The van der Waals surface area contributed by atoms with Crippen LogP contribution in [0.4, 0.5) is 10.1 Å². The lowest BCUT2D eigenvalue weighted by molar-refractivity contribution is 0.102. The van der Waals surface area contributed by atoms with E-state index in [0.29, 0.717) is 5.69 Å². The van der Waals surface area contributed by atoms with Crippen molar-refractivity contribution in [3.8, 4) is 0 Å². The lowest BCUT2D eigenvalue weighted by atomic mass is 10.3. The number of halogens is 1. The molecule has 1 aromatic carbocycles. The van der Waals surface area contributed by atoms with Gasteiger partial charge in [0.1, 0.15) is 11.5 Å². The summed E-state index contributed by atoms with van der Waals surface area (Å²) in [6.45, 7) is 0. The Kier molecular flexibility index (Phi) is 3.00. The molecule has 0 aliphatic heterocycles. The van der Waals surface area contributed by atoms with Crippen LogP contribution in [-0.2, 0) is 0 Å². The maximum Gasteiger partial charge on any atom is 0.272 e. The van der Waals surface area contributed by atoms with E-state index in [1.165, 1.54) is 42.6 Å². The van der Waals surface area contributed by atoms with Crippen molar-refractivity contribution in [1.29, 1.82) is 0 Å². The number of rotatable bonds is 2. The Bertz CT molecular complexity index is 590. The molecule has 0 atom stereocenters. The summed E-state index contributed by atoms with van der Waals surface area (Å²) in [5.74, 6) is -0.828. The zero-order chi connectivity index (χ0) is 12.3. The fourth-order valence-corrected chi connectivity index (χ4v) is 1.31. The van der Waals surface area contributed by atoms with Gasteiger partial charge in [0.25, 0.3) is 5.91 Å². The first-order valence-electron chi connectivity index (χ1n) is 4.91. The Morgan fingerprint density at radius 1 is 1.18 bits per heavy atom. The zero-order valence-electron chi connectivity index (χ0n) is 8.74. The van der Waals surface area contributed by atoms with E-state index in [1.807, 2.05) is 0 Å². The van der Waals surface area contributed by atoms with E-state index in [9.17, 15) is 14.0 Å². The van der Waals surface area contributed by atoms with Crippen molar-refractivity contribution in [3.63, 3.8) is 0 Å². The van der Waals surface area contributed by atoms with Crippen LogP contribution in [0.1, 0.15) is 10.5 Å². The first-order chi connectivity index (χ1) is 8.15. The minimum atomic E-state index is -0.450. The smallest absolute Gasteiger partial charge is 0.272 e. The second-order valence-corrected chi connectivity index (χ2v) is 3.40. The minimum absolute atomic E-state index is 0.154. The van der Waals surface area contributed by atoms with Gasteiger partial charge < -0.3 is 10.3 Å². The number of carbonyl (C=O) groups excluding carboxylic acids is 1. The number of anilines is 1. The van der Waals surface area contributed by atoms with Crippen molar-refractivity contribution in [2.75, 3.05) is 5.32 Å². The Balaban J connectivity index is 2.17. The number of benzene rings is 1. The van der Waals surface area contributed by atoms with Gasteiger partial charge in [0.2, 0.25) is 0 Å². The van der Waals surface area contributed by atoms with E-state index < -0.39 is 5.91 Å². The number of aromatic amines is 1. The molecule has 0 radical (unpaired) electrons. The number of H-pyrrole nitrogens is 1. The van der Waals surface area contributed by atoms with Crippen LogP contribution >= 0.6 is 0 Å². The average Bonchev–Trinajstić information content (AvgIpc) is 2.32. The van der Waals surface area contributed by atoms with Gasteiger partial charge in [-0.15, -0.1) is 0 Å². The third-order valence-electron chi connectivity index (χ3n) is 2.12. The van der Waals surface area contributed by atoms with Gasteiger partial charge in [-0.05, 0) is 24.3 Å². The highest BCUT2D eigenvalue weighted by molar-refractivity contribution is 6.02. The van der Waals surface area contributed by atoms with E-state index in [-0.39, 0.29) is 16.9 Å². The van der Waals surface area contributed by atoms with E-state index in [0.717, 1.165) is 0 Å². The highest BCUT2D eigenvalue weighted by atomic mass is 19.1. The summed E-state index contributed by atoms with van der Waals surface area (Å²) in [7, 11) is 0. The van der Waals surface area contributed by atoms with Crippen LogP contribution in [0, 0.1) is 5.82 Å². The Labute approximate surface area is 96.1 Å². The number of hydrogen-bond acceptors (Lipinski definition) is 2. The predicted octanol–water partition coefficient (Wildman–Crippen LogP) is 1.77. The van der Waals surface area contributed by atoms with E-state index in [1.54, 1.807) is 0 Å². The summed E-state index contributed by atoms with van der Waals surface area (Å²) in [5, 5.41) is 2.54. The quantitative estimate of drug-likeness (QED) is 0.828. The average molecular weight is 232 g/mol. The Morgan fingerprint density at radius 2 is 1.88 bits per heavy atom. The molecule has 1 amide bonds. The molecule has 1 heterocycles. The van der Waals surface area contributed by atoms with E-state index in [4.69, 9.17) is 0 Å². The number of nitrogens with one attached hydrogen (secondary N) is 2. The summed E-state index contributed by atoms with van der Waals surface area (Å²) in [4.78, 5) is 25.4. The second-order valence-electron chi connectivity index (χ2n) is 3.40. The molecule has 86 valence electrons. The molecule has 2 aromatic rings. The summed E-state index contributed by atoms with van der Waals surface area (Å²) < 4.78 is 12.6. The SMILES string of the molecule is O=C(Nc1ccc(F)cc1)c1cc(=O)cc[nH]1. The molecule has 4 nitrogen and oxygen atoms in total. The maximum atomic E-state index is 12.6. The molecule has 0 fully saturated rings. The fraction of sp³-hybridized carbons (Fsp3) is 0. The van der Waals surface area contributed by atoms with Crippen molar-refractivity contribution in [2.45, 2.75) is 0 Å². The van der Waals surface area contributed by atoms with Crippen molar-refractivity contribution in [1.82, 2.24) is 4.98 Å². The molecule has 2 rings (SSSR count). The van der Waals surface area contributed by atoms with Gasteiger partial charge in [-0.2, -0.15) is 0 Å². The standard InChI is InChI=1S/C12H9FN2O2/c13-8-1-3-9(4-2-8)15-12(17)11-7-10(16)5-6-14-11/h1-7H,(H,14,16)(H,15,17). The molecule has 1 aromatic heterocycles. The minimum Gasteiger partial charge on any atom is -0.357 e. The van der Waals surface area contributed by atoms with Crippen LogP contribution in [0.25, 0.3) is 0 Å². The molecule has 2 N–H and O–H groups in total. The van der Waals surface area contributed by atoms with Gasteiger partial charge in [0.15, 0.2) is 5.43 Å². The van der Waals surface area contributed by atoms with Crippen LogP contribution in [0.2, 0.25) is 0 Å². The first kappa shape index (κ1) is 11.1. The number of aromatic nitrogens is 1. The lowest BCUT2D eigenvalue weighted by Crippen LogP contribution is -2.16. The highest BCUT2D eigenvalue weighted by Gasteiger charge is 2.06. The van der Waals surface area contributed by atoms with E-state index in [2.05, 4.69) is 10.3 Å². The molecule has 0 unspecified atom stereocenters. The number of pyridine rings is 1. The number of carbonyl (C=O) groups is 1. The van der Waals surface area contributed by atoms with Crippen molar-refractivity contribution >= 4 is 11.6 Å². The third kappa shape index (κ3) is 2.78. The lowest BCUT2D eigenvalue weighted by Gasteiger charge is -2.04. The fourth-order valence-electron chi connectivity index (χ4n) is 1.31. The predicted molar refractivity (Wildman–Crippen MR) is 61.4 cm³/mol. The summed E-state index contributed by atoms with van der Waals surface area (Å²) in [6.07, 6.45) is 1.39. The van der Waals surface area contributed by atoms with Crippen molar-refractivity contribution in [2.24, 2.45) is 0 Å². The molecular weight excluding hydrogens is 223 g/mol. The largest absolute Gasteiger partial charge is 0.357 e. The molecule has 0 aliphatic rings. The molecule has 0 bridgehead atoms. The molecule has 0 aliphatic carbocycles. The molecule has 5 heteroatoms. The topological polar surface area (TPSA) is 62.0 Å². The van der Waals surface area contributed by atoms with Gasteiger partial charge >= 0.3 is 0 Å². The van der Waals surface area contributed by atoms with Crippen LogP contribution in [0.5, 0.6) is 0 Å². The molecule has 0 saturated heterocycles. The van der Waals surface area contributed by atoms with Crippen molar-refractivity contribution < 1.29 is 9.18 Å². The molecular formula is C12H9FN2O2. The Morgan fingerprint density at radius 3 is 2.53 bits per heavy atom. The van der Waals surface area contributed by atoms with Gasteiger partial charge in [-0.3, -0.25) is 9.59 Å². The van der Waals surface area contributed by atoms with Gasteiger partial charge in [0.05, 0.1) is 0 Å². The second kappa shape index (κ2) is 4.61.